The van der Waals surface area contributed by atoms with E-state index in [9.17, 15) is 27.2 Å². The summed E-state index contributed by atoms with van der Waals surface area (Å²) in [5.74, 6) is -1.47. The maximum atomic E-state index is 14.4. The van der Waals surface area contributed by atoms with Gasteiger partial charge in [-0.15, -0.1) is 0 Å². The van der Waals surface area contributed by atoms with Gasteiger partial charge in [-0.05, 0) is 56.9 Å². The largest absolute Gasteiger partial charge is 0.445 e. The van der Waals surface area contributed by atoms with Crippen molar-refractivity contribution in [3.63, 3.8) is 0 Å². The number of hydrogen-bond acceptors (Lipinski definition) is 4. The van der Waals surface area contributed by atoms with Crippen LogP contribution in [-0.4, -0.2) is 35.3 Å². The zero-order valence-electron chi connectivity index (χ0n) is 19.7. The average Bonchev–Trinajstić information content (AvgIpc) is 3.24. The molecule has 0 saturated carbocycles. The number of hydrogen-bond donors (Lipinski definition) is 1. The van der Waals surface area contributed by atoms with Crippen molar-refractivity contribution in [2.45, 2.75) is 64.1 Å². The quantitative estimate of drug-likeness (QED) is 0.500. The third-order valence-electron chi connectivity index (χ3n) is 5.46. The predicted octanol–water partition coefficient (Wildman–Crippen LogP) is 6.21. The Bertz CT molecular complexity index is 1040. The SMILES string of the molecule is CC(C)(C)OC(=O)N1CCCC1C(NC(=O)OCc1ccccc1)c1ccc(C(F)(F)F)c(F)c1. The molecule has 35 heavy (non-hydrogen) atoms. The lowest BCUT2D eigenvalue weighted by Crippen LogP contribution is -2.47. The van der Waals surface area contributed by atoms with E-state index in [2.05, 4.69) is 5.32 Å². The molecule has 6 nitrogen and oxygen atoms in total. The Balaban J connectivity index is 1.87. The molecule has 1 N–H and O–H groups in total. The number of alkyl halides is 3. The molecule has 1 saturated heterocycles. The molecule has 0 aliphatic carbocycles. The average molecular weight is 497 g/mol. The maximum Gasteiger partial charge on any atom is 0.419 e. The van der Waals surface area contributed by atoms with E-state index in [4.69, 9.17) is 9.47 Å². The Morgan fingerprint density at radius 1 is 1.11 bits per heavy atom. The standard InChI is InChI=1S/C25H28F4N2O4/c1-24(2,3)35-23(33)31-13-7-10-20(31)21(17-11-12-18(19(26)14-17)25(27,28)29)30-22(32)34-15-16-8-5-4-6-9-16/h4-6,8-9,11-12,14,20-21H,7,10,13,15H2,1-3H3,(H,30,32). The minimum absolute atomic E-state index is 0.0405. The third kappa shape index (κ3) is 7.10. The Morgan fingerprint density at radius 3 is 2.40 bits per heavy atom. The molecule has 3 rings (SSSR count). The van der Waals surface area contributed by atoms with Crippen LogP contribution in [0.1, 0.15) is 56.3 Å². The normalized spacial score (nSPS) is 17.1. The number of nitrogens with zero attached hydrogens (tertiary/aromatic N) is 1. The summed E-state index contributed by atoms with van der Waals surface area (Å²) in [6, 6.07) is 9.65. The van der Waals surface area contributed by atoms with E-state index in [1.807, 2.05) is 6.07 Å². The van der Waals surface area contributed by atoms with Gasteiger partial charge >= 0.3 is 18.4 Å². The third-order valence-corrected chi connectivity index (χ3v) is 5.46. The number of carbonyl (C=O) groups is 2. The Morgan fingerprint density at radius 2 is 1.80 bits per heavy atom. The van der Waals surface area contributed by atoms with Crippen LogP contribution >= 0.6 is 0 Å². The highest BCUT2D eigenvalue weighted by molar-refractivity contribution is 5.70. The van der Waals surface area contributed by atoms with Gasteiger partial charge in [0.1, 0.15) is 18.0 Å². The van der Waals surface area contributed by atoms with E-state index in [0.29, 0.717) is 25.5 Å². The van der Waals surface area contributed by atoms with Gasteiger partial charge in [0.05, 0.1) is 17.6 Å². The number of ether oxygens (including phenoxy) is 2. The summed E-state index contributed by atoms with van der Waals surface area (Å²) in [4.78, 5) is 26.8. The molecule has 1 aliphatic rings. The Labute approximate surface area is 201 Å². The first-order chi connectivity index (χ1) is 16.3. The van der Waals surface area contributed by atoms with Crippen LogP contribution in [0, 0.1) is 5.82 Å². The minimum atomic E-state index is -4.87. The van der Waals surface area contributed by atoms with Gasteiger partial charge in [-0.1, -0.05) is 36.4 Å². The summed E-state index contributed by atoms with van der Waals surface area (Å²) in [6.07, 6.45) is -5.35. The highest BCUT2D eigenvalue weighted by Gasteiger charge is 2.40. The molecule has 2 atom stereocenters. The zero-order valence-corrected chi connectivity index (χ0v) is 19.7. The number of likely N-dealkylation sites (tertiary alicyclic amines) is 1. The molecule has 10 heteroatoms. The first-order valence-corrected chi connectivity index (χ1v) is 11.2. The molecular weight excluding hydrogens is 468 g/mol. The van der Waals surface area contributed by atoms with E-state index in [1.165, 1.54) is 4.90 Å². The van der Waals surface area contributed by atoms with Crippen molar-refractivity contribution in [3.05, 3.63) is 71.0 Å². The summed E-state index contributed by atoms with van der Waals surface area (Å²) in [6.45, 7) is 5.40. The number of nitrogens with one attached hydrogen (secondary N) is 1. The van der Waals surface area contributed by atoms with E-state index < -0.39 is 47.4 Å². The fraction of sp³-hybridized carbons (Fsp3) is 0.440. The maximum absolute atomic E-state index is 14.4. The predicted molar refractivity (Wildman–Crippen MR) is 120 cm³/mol. The molecule has 0 aromatic heterocycles. The first kappa shape index (κ1) is 26.3. The molecule has 2 unspecified atom stereocenters. The molecular formula is C25H28F4N2O4. The van der Waals surface area contributed by atoms with Gasteiger partial charge in [-0.25, -0.2) is 14.0 Å². The lowest BCUT2D eigenvalue weighted by atomic mass is 9.96. The monoisotopic (exact) mass is 496 g/mol. The Hall–Kier alpha value is -3.30. The van der Waals surface area contributed by atoms with E-state index in [-0.39, 0.29) is 12.2 Å². The van der Waals surface area contributed by atoms with Gasteiger partial charge in [-0.3, -0.25) is 0 Å². The number of alkyl carbamates (subject to hydrolysis) is 1. The lowest BCUT2D eigenvalue weighted by Gasteiger charge is -2.33. The second-order valence-electron chi connectivity index (χ2n) is 9.30. The molecule has 1 heterocycles. The molecule has 1 aliphatic heterocycles. The van der Waals surface area contributed by atoms with Crippen molar-refractivity contribution in [1.29, 1.82) is 0 Å². The molecule has 2 aromatic rings. The van der Waals surface area contributed by atoms with Crippen molar-refractivity contribution in [2.24, 2.45) is 0 Å². The number of benzene rings is 2. The topological polar surface area (TPSA) is 67.9 Å². The van der Waals surface area contributed by atoms with Gasteiger partial charge in [-0.2, -0.15) is 13.2 Å². The van der Waals surface area contributed by atoms with Crippen LogP contribution in [0.5, 0.6) is 0 Å². The van der Waals surface area contributed by atoms with Crippen molar-refractivity contribution in [1.82, 2.24) is 10.2 Å². The summed E-state index contributed by atoms with van der Waals surface area (Å²) in [5, 5.41) is 2.62. The fourth-order valence-corrected chi connectivity index (χ4v) is 3.93. The van der Waals surface area contributed by atoms with Gasteiger partial charge in [0.25, 0.3) is 0 Å². The van der Waals surface area contributed by atoms with Crippen LogP contribution in [0.15, 0.2) is 48.5 Å². The lowest BCUT2D eigenvalue weighted by molar-refractivity contribution is -0.140. The second kappa shape index (κ2) is 10.5. The van der Waals surface area contributed by atoms with Crippen LogP contribution in [0.4, 0.5) is 27.2 Å². The van der Waals surface area contributed by atoms with Gasteiger partial charge in [0, 0.05) is 6.54 Å². The first-order valence-electron chi connectivity index (χ1n) is 11.2. The van der Waals surface area contributed by atoms with Crippen molar-refractivity contribution in [3.8, 4) is 0 Å². The highest BCUT2D eigenvalue weighted by Crippen LogP contribution is 2.35. The van der Waals surface area contributed by atoms with Gasteiger partial charge in [0.15, 0.2) is 0 Å². The Kier molecular flexibility index (Phi) is 7.92. The van der Waals surface area contributed by atoms with Crippen molar-refractivity contribution in [2.75, 3.05) is 6.54 Å². The minimum Gasteiger partial charge on any atom is -0.445 e. The second-order valence-corrected chi connectivity index (χ2v) is 9.30. The number of rotatable bonds is 5. The number of amides is 2. The highest BCUT2D eigenvalue weighted by atomic mass is 19.4. The molecule has 2 amide bonds. The van der Waals surface area contributed by atoms with Gasteiger partial charge in [0.2, 0.25) is 0 Å². The molecule has 0 radical (unpaired) electrons. The molecule has 0 bridgehead atoms. The summed E-state index contributed by atoms with van der Waals surface area (Å²) in [7, 11) is 0. The molecule has 2 aromatic carbocycles. The van der Waals surface area contributed by atoms with Crippen LogP contribution < -0.4 is 5.32 Å². The zero-order chi connectivity index (χ0) is 25.8. The molecule has 190 valence electrons. The van der Waals surface area contributed by atoms with E-state index in [1.54, 1.807) is 45.0 Å². The van der Waals surface area contributed by atoms with Gasteiger partial charge < -0.3 is 19.7 Å². The summed E-state index contributed by atoms with van der Waals surface area (Å²) < 4.78 is 64.4. The van der Waals surface area contributed by atoms with Crippen LogP contribution in [0.25, 0.3) is 0 Å². The smallest absolute Gasteiger partial charge is 0.419 e. The van der Waals surface area contributed by atoms with Crippen LogP contribution in [0.3, 0.4) is 0 Å². The summed E-state index contributed by atoms with van der Waals surface area (Å²) in [5.41, 5.74) is -1.38. The van der Waals surface area contributed by atoms with E-state index >= 15 is 0 Å². The molecule has 1 fully saturated rings. The summed E-state index contributed by atoms with van der Waals surface area (Å²) >= 11 is 0. The van der Waals surface area contributed by atoms with Crippen molar-refractivity contribution >= 4 is 12.2 Å². The van der Waals surface area contributed by atoms with Crippen LogP contribution in [0.2, 0.25) is 0 Å². The molecule has 0 spiro atoms. The van der Waals surface area contributed by atoms with Crippen LogP contribution in [-0.2, 0) is 22.3 Å². The van der Waals surface area contributed by atoms with Crippen molar-refractivity contribution < 1.29 is 36.6 Å². The number of halogens is 4. The number of carbonyl (C=O) groups excluding carboxylic acids is 2. The fourth-order valence-electron chi connectivity index (χ4n) is 3.93. The van der Waals surface area contributed by atoms with E-state index in [0.717, 1.165) is 17.7 Å².